The zero-order chi connectivity index (χ0) is 11.0. The molecule has 14 heavy (non-hydrogen) atoms. The molecule has 0 N–H and O–H groups in total. The van der Waals surface area contributed by atoms with Crippen LogP contribution in [0.25, 0.3) is 0 Å². The van der Waals surface area contributed by atoms with Crippen LogP contribution in [0, 0.1) is 12.3 Å². The highest BCUT2D eigenvalue weighted by molar-refractivity contribution is 5.80. The molecule has 0 saturated carbocycles. The summed E-state index contributed by atoms with van der Waals surface area (Å²) in [6.45, 7) is 3.71. The summed E-state index contributed by atoms with van der Waals surface area (Å²) in [7, 11) is 0. The molecule has 0 spiro atoms. The van der Waals surface area contributed by atoms with Crippen molar-refractivity contribution in [3.63, 3.8) is 0 Å². The molecular weight excluding hydrogens is 182 g/mol. The average Bonchev–Trinajstić information content (AvgIpc) is 2.14. The minimum absolute atomic E-state index is 0.0699. The van der Waals surface area contributed by atoms with Crippen LogP contribution >= 0.6 is 0 Å². The second kappa shape index (κ2) is 6.96. The Kier molecular flexibility index (Phi) is 6.21. The Morgan fingerprint density at radius 3 is 2.57 bits per heavy atom. The van der Waals surface area contributed by atoms with Crippen LogP contribution in [0.3, 0.4) is 0 Å². The Balaban J connectivity index is 3.97. The molecule has 0 fully saturated rings. The van der Waals surface area contributed by atoms with Gasteiger partial charge in [-0.25, -0.2) is 0 Å². The van der Waals surface area contributed by atoms with Crippen molar-refractivity contribution in [2.24, 2.45) is 0 Å². The maximum absolute atomic E-state index is 11.1. The van der Waals surface area contributed by atoms with E-state index < -0.39 is 5.97 Å². The molecule has 0 saturated heterocycles. The molecule has 0 aliphatic carbocycles. The van der Waals surface area contributed by atoms with Gasteiger partial charge in [-0.2, -0.15) is 0 Å². The number of ether oxygens (including phenoxy) is 1. The van der Waals surface area contributed by atoms with Gasteiger partial charge < -0.3 is 9.64 Å². The van der Waals surface area contributed by atoms with E-state index in [1.807, 2.05) is 6.92 Å². The highest BCUT2D eigenvalue weighted by Gasteiger charge is 2.12. The van der Waals surface area contributed by atoms with Gasteiger partial charge in [-0.3, -0.25) is 9.59 Å². The third-order valence-electron chi connectivity index (χ3n) is 1.51. The number of hydrogen-bond donors (Lipinski definition) is 0. The van der Waals surface area contributed by atoms with E-state index in [4.69, 9.17) is 11.2 Å². The van der Waals surface area contributed by atoms with Gasteiger partial charge in [0.1, 0.15) is 6.54 Å². The minimum Gasteiger partial charge on any atom is -0.464 e. The Morgan fingerprint density at radius 2 is 2.14 bits per heavy atom. The molecule has 0 atom stereocenters. The molecule has 78 valence electrons. The summed E-state index contributed by atoms with van der Waals surface area (Å²) in [5.41, 5.74) is 0. The van der Waals surface area contributed by atoms with Crippen LogP contribution in [0.2, 0.25) is 0 Å². The van der Waals surface area contributed by atoms with Crippen LogP contribution < -0.4 is 0 Å². The first kappa shape index (κ1) is 12.5. The molecule has 0 aromatic heterocycles. The number of terminal acetylenes is 1. The fourth-order valence-corrected chi connectivity index (χ4v) is 0.806. The number of carbonyl (C=O) groups is 2. The maximum Gasteiger partial charge on any atom is 0.325 e. The first-order valence-corrected chi connectivity index (χ1v) is 4.46. The van der Waals surface area contributed by atoms with Crippen molar-refractivity contribution in [3.05, 3.63) is 0 Å². The zero-order valence-electron chi connectivity index (χ0n) is 8.58. The van der Waals surface area contributed by atoms with Gasteiger partial charge in [0, 0.05) is 6.92 Å². The lowest BCUT2D eigenvalue weighted by molar-refractivity contribution is -0.148. The fourth-order valence-electron chi connectivity index (χ4n) is 0.806. The lowest BCUT2D eigenvalue weighted by Crippen LogP contribution is -2.35. The quantitative estimate of drug-likeness (QED) is 0.474. The second-order valence-electron chi connectivity index (χ2n) is 2.80. The van der Waals surface area contributed by atoms with Crippen LogP contribution in [-0.4, -0.2) is 36.5 Å². The van der Waals surface area contributed by atoms with E-state index >= 15 is 0 Å². The van der Waals surface area contributed by atoms with Gasteiger partial charge in [-0.1, -0.05) is 12.8 Å². The van der Waals surface area contributed by atoms with Crippen molar-refractivity contribution >= 4 is 11.9 Å². The lowest BCUT2D eigenvalue weighted by atomic mass is 10.4. The summed E-state index contributed by atoms with van der Waals surface area (Å²) >= 11 is 0. The summed E-state index contributed by atoms with van der Waals surface area (Å²) in [6.07, 6.45) is 5.81. The smallest absolute Gasteiger partial charge is 0.325 e. The van der Waals surface area contributed by atoms with Gasteiger partial charge in [-0.15, -0.1) is 6.42 Å². The van der Waals surface area contributed by atoms with E-state index in [9.17, 15) is 9.59 Å². The van der Waals surface area contributed by atoms with Gasteiger partial charge in [0.25, 0.3) is 0 Å². The largest absolute Gasteiger partial charge is 0.464 e. The number of amides is 1. The first-order valence-electron chi connectivity index (χ1n) is 4.46. The summed E-state index contributed by atoms with van der Waals surface area (Å²) in [5, 5.41) is 0. The molecule has 4 nitrogen and oxygen atoms in total. The van der Waals surface area contributed by atoms with Gasteiger partial charge in [-0.05, 0) is 6.42 Å². The molecule has 0 unspecified atom stereocenters. The van der Waals surface area contributed by atoms with Crippen LogP contribution in [0.1, 0.15) is 20.3 Å². The van der Waals surface area contributed by atoms with E-state index in [0.29, 0.717) is 6.61 Å². The molecule has 0 bridgehead atoms. The Hall–Kier alpha value is -1.50. The number of nitrogens with zero attached hydrogens (tertiary/aromatic N) is 1. The SMILES string of the molecule is C#CCN(CC(=O)OCCC)C(C)=O. The van der Waals surface area contributed by atoms with E-state index in [-0.39, 0.29) is 19.0 Å². The third-order valence-corrected chi connectivity index (χ3v) is 1.51. The molecule has 0 aliphatic heterocycles. The molecular formula is C10H15NO3. The predicted molar refractivity (Wildman–Crippen MR) is 52.3 cm³/mol. The van der Waals surface area contributed by atoms with Crippen molar-refractivity contribution in [1.29, 1.82) is 0 Å². The number of hydrogen-bond acceptors (Lipinski definition) is 3. The highest BCUT2D eigenvalue weighted by atomic mass is 16.5. The molecule has 0 aromatic rings. The van der Waals surface area contributed by atoms with E-state index in [0.717, 1.165) is 6.42 Å². The fraction of sp³-hybridized carbons (Fsp3) is 0.600. The van der Waals surface area contributed by atoms with Gasteiger partial charge in [0.05, 0.1) is 13.2 Å². The Bertz CT molecular complexity index is 242. The number of carbonyl (C=O) groups excluding carboxylic acids is 2. The molecule has 0 aromatic carbocycles. The summed E-state index contributed by atoms with van der Waals surface area (Å²) in [4.78, 5) is 23.3. The van der Waals surface area contributed by atoms with Crippen molar-refractivity contribution < 1.29 is 14.3 Å². The van der Waals surface area contributed by atoms with E-state index in [2.05, 4.69) is 5.92 Å². The highest BCUT2D eigenvalue weighted by Crippen LogP contribution is 1.91. The molecule has 0 heterocycles. The third kappa shape index (κ3) is 5.20. The molecule has 0 aliphatic rings. The summed E-state index contributed by atoms with van der Waals surface area (Å²) < 4.78 is 4.82. The monoisotopic (exact) mass is 197 g/mol. The summed E-state index contributed by atoms with van der Waals surface area (Å²) in [6, 6.07) is 0. The van der Waals surface area contributed by atoms with Crippen molar-refractivity contribution in [3.8, 4) is 12.3 Å². The van der Waals surface area contributed by atoms with Crippen LogP contribution in [-0.2, 0) is 14.3 Å². The van der Waals surface area contributed by atoms with Crippen LogP contribution in [0.5, 0.6) is 0 Å². The average molecular weight is 197 g/mol. The lowest BCUT2D eigenvalue weighted by Gasteiger charge is -2.16. The van der Waals surface area contributed by atoms with E-state index in [1.165, 1.54) is 11.8 Å². The molecule has 4 heteroatoms. The standard InChI is InChI=1S/C10H15NO3/c1-4-6-11(9(3)12)8-10(13)14-7-5-2/h1H,5-8H2,2-3H3. The van der Waals surface area contributed by atoms with Crippen molar-refractivity contribution in [2.45, 2.75) is 20.3 Å². The number of rotatable bonds is 5. The topological polar surface area (TPSA) is 46.6 Å². The van der Waals surface area contributed by atoms with Crippen molar-refractivity contribution in [1.82, 2.24) is 4.90 Å². The van der Waals surface area contributed by atoms with Gasteiger partial charge >= 0.3 is 5.97 Å². The predicted octanol–water partition coefficient (Wildman–Crippen LogP) is 0.421. The first-order chi connectivity index (χ1) is 6.61. The normalized spacial score (nSPS) is 8.93. The zero-order valence-corrected chi connectivity index (χ0v) is 8.58. The van der Waals surface area contributed by atoms with Crippen LogP contribution in [0.4, 0.5) is 0 Å². The molecule has 1 amide bonds. The van der Waals surface area contributed by atoms with Crippen LogP contribution in [0.15, 0.2) is 0 Å². The van der Waals surface area contributed by atoms with Crippen molar-refractivity contribution in [2.75, 3.05) is 19.7 Å². The van der Waals surface area contributed by atoms with Gasteiger partial charge in [0.2, 0.25) is 5.91 Å². The second-order valence-corrected chi connectivity index (χ2v) is 2.80. The van der Waals surface area contributed by atoms with E-state index in [1.54, 1.807) is 0 Å². The Labute approximate surface area is 84.2 Å². The minimum atomic E-state index is -0.419. The number of esters is 1. The Morgan fingerprint density at radius 1 is 1.50 bits per heavy atom. The van der Waals surface area contributed by atoms with Gasteiger partial charge in [0.15, 0.2) is 0 Å². The summed E-state index contributed by atoms with van der Waals surface area (Å²) in [5.74, 6) is 1.66. The maximum atomic E-state index is 11.1. The molecule has 0 radical (unpaired) electrons. The molecule has 0 rings (SSSR count).